The summed E-state index contributed by atoms with van der Waals surface area (Å²) in [7, 11) is 0. The van der Waals surface area contributed by atoms with Gasteiger partial charge in [0, 0.05) is 6.54 Å². The summed E-state index contributed by atoms with van der Waals surface area (Å²) in [5.41, 5.74) is 2.59. The lowest BCUT2D eigenvalue weighted by Crippen LogP contribution is -2.62. The van der Waals surface area contributed by atoms with Crippen LogP contribution in [0.1, 0.15) is 76.2 Å². The van der Waals surface area contributed by atoms with Crippen molar-refractivity contribution < 1.29 is 33.5 Å². The number of fused-ring (bicyclic) bond motifs is 1. The number of piperidine rings is 1. The first kappa shape index (κ1) is 33.0. The van der Waals surface area contributed by atoms with E-state index in [1.807, 2.05) is 13.8 Å². The predicted molar refractivity (Wildman–Crippen MR) is 147 cm³/mol. The van der Waals surface area contributed by atoms with E-state index in [9.17, 15) is 28.8 Å². The molecule has 0 radical (unpaired) electrons. The third-order valence-corrected chi connectivity index (χ3v) is 7.63. The molecule has 5 atom stereocenters. The van der Waals surface area contributed by atoms with Gasteiger partial charge in [0.25, 0.3) is 5.91 Å². The average molecular weight is 566 g/mol. The number of likely N-dealkylation sites (tertiary alicyclic amines) is 1. The molecule has 0 aromatic heterocycles. The molecule has 1 saturated carbocycles. The number of amides is 5. The lowest BCUT2D eigenvalue weighted by Gasteiger charge is -2.38. The number of nitrogens with one attached hydrogen (secondary N) is 3. The molecule has 5 amide bonds. The number of carbonyl (C=O) groups excluding carboxylic acids is 6. The van der Waals surface area contributed by atoms with E-state index in [4.69, 9.17) is 10.5 Å². The largest absolute Gasteiger partial charge is 0.458 e. The van der Waals surface area contributed by atoms with Gasteiger partial charge in [0.1, 0.15) is 23.7 Å². The van der Waals surface area contributed by atoms with E-state index >= 15 is 0 Å². The van der Waals surface area contributed by atoms with E-state index < -0.39 is 76.6 Å². The Bertz CT molecular complexity index is 1060. The van der Waals surface area contributed by atoms with Gasteiger partial charge in [-0.25, -0.2) is 9.59 Å². The Morgan fingerprint density at radius 2 is 1.40 bits per heavy atom. The molecule has 1 saturated heterocycles. The topological polar surface area (TPSA) is 177 Å². The maximum atomic E-state index is 13.9. The number of ketones is 1. The zero-order chi connectivity index (χ0) is 31.2. The standard InChI is InChI=1S/C28H47N5O7/c1-25(2,3)18(31-24(39)32-19(26(4,5)6)23(38)40-27(7,8)9)22(37)33-13-14-16(28(14,10)11)17(33)21(36)30-12-15(34)20(29)35/h14,16-19H,12-13H2,1-11H3,(H2,29,35)(H,30,36)(H2,31,32,39)/t14-,16-,17-,18+,19+/m0/s1. The molecule has 2 rings (SSSR count). The summed E-state index contributed by atoms with van der Waals surface area (Å²) in [6, 6.07) is -3.65. The molecule has 0 bridgehead atoms. The second-order valence-electron chi connectivity index (χ2n) is 14.6. The third kappa shape index (κ3) is 7.51. The number of rotatable bonds is 8. The number of esters is 1. The molecule has 1 heterocycles. The van der Waals surface area contributed by atoms with Gasteiger partial charge >= 0.3 is 12.0 Å². The summed E-state index contributed by atoms with van der Waals surface area (Å²) < 4.78 is 5.51. The molecule has 226 valence electrons. The molecule has 0 aromatic rings. The molecule has 0 aromatic carbocycles. The van der Waals surface area contributed by atoms with Crippen molar-refractivity contribution in [3.05, 3.63) is 0 Å². The fourth-order valence-corrected chi connectivity index (χ4v) is 5.28. The van der Waals surface area contributed by atoms with Crippen LogP contribution in [-0.2, 0) is 28.7 Å². The van der Waals surface area contributed by atoms with Crippen LogP contribution >= 0.6 is 0 Å². The van der Waals surface area contributed by atoms with Crippen LogP contribution in [0.2, 0.25) is 0 Å². The lowest BCUT2D eigenvalue weighted by atomic mass is 9.85. The highest BCUT2D eigenvalue weighted by Crippen LogP contribution is 2.65. The van der Waals surface area contributed by atoms with Crippen LogP contribution in [-0.4, -0.2) is 77.2 Å². The summed E-state index contributed by atoms with van der Waals surface area (Å²) in [4.78, 5) is 77.5. The molecule has 40 heavy (non-hydrogen) atoms. The highest BCUT2D eigenvalue weighted by molar-refractivity contribution is 6.36. The summed E-state index contributed by atoms with van der Waals surface area (Å²) in [5, 5.41) is 7.86. The van der Waals surface area contributed by atoms with Crippen LogP contribution < -0.4 is 21.7 Å². The SMILES string of the molecule is CC(C)(C)OC(=O)[C@@H](NC(=O)N[C@H](C(=O)N1C[C@H]2[C@@H]([C@H]1C(=O)NCC(=O)C(N)=O)C2(C)C)C(C)(C)C)C(C)(C)C. The average Bonchev–Trinajstić information content (AvgIpc) is 3.10. The Morgan fingerprint density at radius 3 is 1.85 bits per heavy atom. The van der Waals surface area contributed by atoms with Crippen LogP contribution in [0, 0.1) is 28.1 Å². The first-order valence-electron chi connectivity index (χ1n) is 13.6. The van der Waals surface area contributed by atoms with Crippen molar-refractivity contribution in [2.75, 3.05) is 13.1 Å². The van der Waals surface area contributed by atoms with E-state index in [0.29, 0.717) is 6.54 Å². The Labute approximate surface area is 236 Å². The van der Waals surface area contributed by atoms with Crippen molar-refractivity contribution in [3.8, 4) is 0 Å². The number of hydrogen-bond acceptors (Lipinski definition) is 7. The minimum Gasteiger partial charge on any atom is -0.458 e. The highest BCUT2D eigenvalue weighted by Gasteiger charge is 2.69. The molecule has 2 aliphatic rings. The molecule has 12 nitrogen and oxygen atoms in total. The van der Waals surface area contributed by atoms with Gasteiger partial charge in [0.2, 0.25) is 17.6 Å². The fourth-order valence-electron chi connectivity index (χ4n) is 5.28. The number of carbonyl (C=O) groups is 6. The summed E-state index contributed by atoms with van der Waals surface area (Å²) in [6.45, 7) is 19.7. The number of urea groups is 1. The Balaban J connectivity index is 2.27. The summed E-state index contributed by atoms with van der Waals surface area (Å²) >= 11 is 0. The first-order chi connectivity index (χ1) is 17.9. The number of hydrogen-bond donors (Lipinski definition) is 4. The molecule has 0 spiro atoms. The maximum Gasteiger partial charge on any atom is 0.329 e. The molecule has 1 aliphatic heterocycles. The van der Waals surface area contributed by atoms with E-state index in [1.165, 1.54) is 4.90 Å². The van der Waals surface area contributed by atoms with Gasteiger partial charge in [0.15, 0.2) is 0 Å². The van der Waals surface area contributed by atoms with Crippen LogP contribution in [0.25, 0.3) is 0 Å². The van der Waals surface area contributed by atoms with Crippen molar-refractivity contribution in [1.82, 2.24) is 20.9 Å². The van der Waals surface area contributed by atoms with Gasteiger partial charge in [-0.05, 0) is 48.9 Å². The number of nitrogens with zero attached hydrogens (tertiary/aromatic N) is 1. The van der Waals surface area contributed by atoms with Gasteiger partial charge in [-0.3, -0.25) is 19.2 Å². The van der Waals surface area contributed by atoms with Gasteiger partial charge in [-0.2, -0.15) is 0 Å². The first-order valence-corrected chi connectivity index (χ1v) is 13.6. The maximum absolute atomic E-state index is 13.9. The predicted octanol–water partition coefficient (Wildman–Crippen LogP) is 1.11. The quantitative estimate of drug-likeness (QED) is 0.252. The summed E-state index contributed by atoms with van der Waals surface area (Å²) in [6.07, 6.45) is 0. The normalized spacial score (nSPS) is 23.3. The molecular weight excluding hydrogens is 518 g/mol. The smallest absolute Gasteiger partial charge is 0.329 e. The molecule has 5 N–H and O–H groups in total. The van der Waals surface area contributed by atoms with Crippen molar-refractivity contribution in [1.29, 1.82) is 0 Å². The van der Waals surface area contributed by atoms with E-state index in [0.717, 1.165) is 0 Å². The monoisotopic (exact) mass is 565 g/mol. The molecule has 1 aliphatic carbocycles. The zero-order valence-corrected chi connectivity index (χ0v) is 25.7. The minimum absolute atomic E-state index is 0.0610. The number of ether oxygens (including phenoxy) is 1. The van der Waals surface area contributed by atoms with E-state index in [1.54, 1.807) is 62.3 Å². The van der Waals surface area contributed by atoms with E-state index in [-0.39, 0.29) is 17.3 Å². The van der Waals surface area contributed by atoms with E-state index in [2.05, 4.69) is 16.0 Å². The molecule has 0 unspecified atom stereocenters. The summed E-state index contributed by atoms with van der Waals surface area (Å²) in [5.74, 6) is -3.81. The lowest BCUT2D eigenvalue weighted by molar-refractivity contribution is -0.160. The second kappa shape index (κ2) is 11.0. The Morgan fingerprint density at radius 1 is 0.900 bits per heavy atom. The molecule has 2 fully saturated rings. The van der Waals surface area contributed by atoms with Gasteiger partial charge < -0.3 is 31.3 Å². The van der Waals surface area contributed by atoms with Crippen LogP contribution in [0.15, 0.2) is 0 Å². The van der Waals surface area contributed by atoms with Crippen molar-refractivity contribution in [2.24, 2.45) is 33.8 Å². The number of nitrogens with two attached hydrogens (primary N) is 1. The van der Waals surface area contributed by atoms with Gasteiger partial charge in [0.05, 0.1) is 6.54 Å². The molecular formula is C28H47N5O7. The van der Waals surface area contributed by atoms with Crippen molar-refractivity contribution >= 4 is 35.5 Å². The van der Waals surface area contributed by atoms with Crippen LogP contribution in [0.4, 0.5) is 4.79 Å². The third-order valence-electron chi connectivity index (χ3n) is 7.63. The number of Topliss-reactive ketones (excluding diaryl/α,β-unsaturated/α-hetero) is 1. The van der Waals surface area contributed by atoms with Crippen molar-refractivity contribution in [2.45, 2.75) is 99.9 Å². The van der Waals surface area contributed by atoms with Gasteiger partial charge in [-0.1, -0.05) is 55.4 Å². The fraction of sp³-hybridized carbons (Fsp3) is 0.786. The Kier molecular flexibility index (Phi) is 9.09. The zero-order valence-electron chi connectivity index (χ0n) is 25.7. The highest BCUT2D eigenvalue weighted by atomic mass is 16.6. The second-order valence-corrected chi connectivity index (χ2v) is 14.6. The van der Waals surface area contributed by atoms with Crippen LogP contribution in [0.3, 0.4) is 0 Å². The van der Waals surface area contributed by atoms with Gasteiger partial charge in [-0.15, -0.1) is 0 Å². The Hall–Kier alpha value is -3.18. The molecule has 12 heteroatoms. The minimum atomic E-state index is -1.16. The van der Waals surface area contributed by atoms with Crippen LogP contribution in [0.5, 0.6) is 0 Å². The van der Waals surface area contributed by atoms with Crippen molar-refractivity contribution in [3.63, 3.8) is 0 Å². The number of primary amides is 1.